The Morgan fingerprint density at radius 1 is 1.03 bits per heavy atom. The number of aryl methyl sites for hydroxylation is 1. The average Bonchev–Trinajstić information content (AvgIpc) is 3.51. The monoisotopic (exact) mass is 452 g/mol. The number of nitrogens with zero attached hydrogens (tertiary/aromatic N) is 5. The number of unbranched alkanes of at least 4 members (excludes halogenated alkanes) is 1. The Morgan fingerprint density at radius 2 is 1.82 bits per heavy atom. The number of carboxylic acid groups (broad SMARTS) is 1. The Hall–Kier alpha value is -4.33. The number of aromatic carboxylic acids is 1. The first kappa shape index (κ1) is 21.5. The fourth-order valence-electron chi connectivity index (χ4n) is 4.38. The van der Waals surface area contributed by atoms with Crippen molar-refractivity contribution in [2.24, 2.45) is 0 Å². The highest BCUT2D eigenvalue weighted by atomic mass is 16.4. The van der Waals surface area contributed by atoms with Crippen molar-refractivity contribution in [3.63, 3.8) is 0 Å². The van der Waals surface area contributed by atoms with E-state index in [1.807, 2.05) is 24.3 Å². The first-order chi connectivity index (χ1) is 16.6. The molecule has 0 saturated heterocycles. The largest absolute Gasteiger partial charge is 0.478 e. The third kappa shape index (κ3) is 3.73. The Morgan fingerprint density at radius 3 is 2.56 bits per heavy atom. The van der Waals surface area contributed by atoms with Gasteiger partial charge in [0.1, 0.15) is 5.82 Å². The highest BCUT2D eigenvalue weighted by Crippen LogP contribution is 2.35. The van der Waals surface area contributed by atoms with Crippen LogP contribution in [-0.4, -0.2) is 41.3 Å². The van der Waals surface area contributed by atoms with Crippen molar-refractivity contribution >= 4 is 17.0 Å². The fourth-order valence-corrected chi connectivity index (χ4v) is 4.38. The van der Waals surface area contributed by atoms with Crippen LogP contribution >= 0.6 is 0 Å². The summed E-state index contributed by atoms with van der Waals surface area (Å²) in [7, 11) is 0. The molecule has 0 aliphatic carbocycles. The SMILES string of the molecule is CCCCc1nc2ccc(C(=O)O)cc2n1-c1cccc(-c2ccccc2-c2nnn[nH]2)c1C. The molecule has 0 atom stereocenters. The van der Waals surface area contributed by atoms with Crippen LogP contribution in [-0.2, 0) is 6.42 Å². The van der Waals surface area contributed by atoms with Crippen molar-refractivity contribution < 1.29 is 9.90 Å². The molecule has 34 heavy (non-hydrogen) atoms. The van der Waals surface area contributed by atoms with Gasteiger partial charge in [-0.1, -0.05) is 49.7 Å². The van der Waals surface area contributed by atoms with Gasteiger partial charge in [-0.25, -0.2) is 14.9 Å². The summed E-state index contributed by atoms with van der Waals surface area (Å²) in [5, 5.41) is 24.0. The minimum Gasteiger partial charge on any atom is -0.478 e. The van der Waals surface area contributed by atoms with Crippen LogP contribution in [0, 0.1) is 6.92 Å². The molecular formula is C26H24N6O2. The number of nitrogens with one attached hydrogen (secondary N) is 1. The summed E-state index contributed by atoms with van der Waals surface area (Å²) in [4.78, 5) is 16.5. The maximum Gasteiger partial charge on any atom is 0.335 e. The van der Waals surface area contributed by atoms with Gasteiger partial charge in [0.05, 0.1) is 22.3 Å². The topological polar surface area (TPSA) is 110 Å². The molecule has 8 nitrogen and oxygen atoms in total. The van der Waals surface area contributed by atoms with Crippen molar-refractivity contribution in [2.45, 2.75) is 33.1 Å². The molecule has 0 amide bonds. The molecule has 0 aliphatic rings. The minimum atomic E-state index is -0.954. The van der Waals surface area contributed by atoms with Crippen LogP contribution in [0.1, 0.15) is 41.5 Å². The molecule has 5 aromatic rings. The molecular weight excluding hydrogens is 428 g/mol. The van der Waals surface area contributed by atoms with Crippen molar-refractivity contribution in [1.29, 1.82) is 0 Å². The van der Waals surface area contributed by atoms with E-state index in [1.165, 1.54) is 0 Å². The number of benzene rings is 3. The van der Waals surface area contributed by atoms with E-state index in [2.05, 4.69) is 57.2 Å². The Labute approximate surface area is 196 Å². The van der Waals surface area contributed by atoms with E-state index >= 15 is 0 Å². The van der Waals surface area contributed by atoms with Gasteiger partial charge in [0.15, 0.2) is 5.82 Å². The maximum atomic E-state index is 11.7. The molecule has 0 aliphatic heterocycles. The van der Waals surface area contributed by atoms with Crippen molar-refractivity contribution in [1.82, 2.24) is 30.2 Å². The summed E-state index contributed by atoms with van der Waals surface area (Å²) in [5.74, 6) is 0.570. The third-order valence-corrected chi connectivity index (χ3v) is 6.09. The Bertz CT molecular complexity index is 1490. The minimum absolute atomic E-state index is 0.243. The van der Waals surface area contributed by atoms with E-state index in [9.17, 15) is 9.90 Å². The van der Waals surface area contributed by atoms with Crippen LogP contribution in [0.2, 0.25) is 0 Å². The van der Waals surface area contributed by atoms with Gasteiger partial charge in [-0.15, -0.1) is 5.10 Å². The van der Waals surface area contributed by atoms with Crippen molar-refractivity contribution in [3.05, 3.63) is 77.6 Å². The van der Waals surface area contributed by atoms with Crippen LogP contribution in [0.25, 0.3) is 39.2 Å². The van der Waals surface area contributed by atoms with Crippen LogP contribution in [0.4, 0.5) is 0 Å². The molecule has 3 aromatic carbocycles. The van der Waals surface area contributed by atoms with Gasteiger partial charge in [-0.2, -0.15) is 0 Å². The van der Waals surface area contributed by atoms with Crippen molar-refractivity contribution in [2.75, 3.05) is 0 Å². The molecule has 0 unspecified atom stereocenters. The first-order valence-electron chi connectivity index (χ1n) is 11.3. The van der Waals surface area contributed by atoms with E-state index in [0.717, 1.165) is 64.1 Å². The zero-order valence-corrected chi connectivity index (χ0v) is 19.0. The number of rotatable bonds is 7. The van der Waals surface area contributed by atoms with E-state index < -0.39 is 5.97 Å². The highest BCUT2D eigenvalue weighted by molar-refractivity contribution is 5.93. The molecule has 2 aromatic heterocycles. The van der Waals surface area contributed by atoms with Gasteiger partial charge in [0.2, 0.25) is 0 Å². The number of hydrogen-bond donors (Lipinski definition) is 2. The lowest BCUT2D eigenvalue weighted by Gasteiger charge is -2.17. The molecule has 8 heteroatoms. The Kier molecular flexibility index (Phi) is 5.63. The number of tetrazole rings is 1. The molecule has 0 spiro atoms. The molecule has 0 radical (unpaired) electrons. The molecule has 5 rings (SSSR count). The number of carbonyl (C=O) groups is 1. The number of hydrogen-bond acceptors (Lipinski definition) is 5. The zero-order valence-electron chi connectivity index (χ0n) is 19.0. The van der Waals surface area contributed by atoms with E-state index in [-0.39, 0.29) is 5.56 Å². The van der Waals surface area contributed by atoms with Gasteiger partial charge in [-0.3, -0.25) is 4.57 Å². The highest BCUT2D eigenvalue weighted by Gasteiger charge is 2.19. The lowest BCUT2D eigenvalue weighted by atomic mass is 9.94. The number of fused-ring (bicyclic) bond motifs is 1. The van der Waals surface area contributed by atoms with E-state index in [1.54, 1.807) is 18.2 Å². The molecule has 0 fully saturated rings. The number of carboxylic acids is 1. The molecule has 170 valence electrons. The van der Waals surface area contributed by atoms with E-state index in [4.69, 9.17) is 4.98 Å². The third-order valence-electron chi connectivity index (χ3n) is 6.09. The van der Waals surface area contributed by atoms with Crippen molar-refractivity contribution in [3.8, 4) is 28.2 Å². The molecule has 2 N–H and O–H groups in total. The van der Waals surface area contributed by atoms with Gasteiger partial charge in [0, 0.05) is 12.0 Å². The quantitative estimate of drug-likeness (QED) is 0.350. The standard InChI is InChI=1S/C26H24N6O2/c1-3-4-12-24-27-21-14-13-17(26(33)34)15-23(21)32(24)22-11-7-10-18(16(22)2)19-8-5-6-9-20(19)25-28-30-31-29-25/h5-11,13-15H,3-4,12H2,1-2H3,(H,33,34)(H,28,29,30,31). The maximum absolute atomic E-state index is 11.7. The first-order valence-corrected chi connectivity index (χ1v) is 11.3. The molecule has 2 heterocycles. The van der Waals surface area contributed by atoms with Gasteiger partial charge < -0.3 is 5.11 Å². The Balaban J connectivity index is 1.74. The smallest absolute Gasteiger partial charge is 0.335 e. The lowest BCUT2D eigenvalue weighted by Crippen LogP contribution is -2.05. The second kappa shape index (κ2) is 8.90. The normalized spacial score (nSPS) is 11.2. The van der Waals surface area contributed by atoms with Gasteiger partial charge >= 0.3 is 5.97 Å². The summed E-state index contributed by atoms with van der Waals surface area (Å²) >= 11 is 0. The van der Waals surface area contributed by atoms with Crippen LogP contribution in [0.3, 0.4) is 0 Å². The van der Waals surface area contributed by atoms with Gasteiger partial charge in [0.25, 0.3) is 0 Å². The summed E-state index contributed by atoms with van der Waals surface area (Å²) in [6.07, 6.45) is 2.84. The number of aromatic nitrogens is 6. The lowest BCUT2D eigenvalue weighted by molar-refractivity contribution is 0.0697. The second-order valence-corrected chi connectivity index (χ2v) is 8.22. The number of aromatic amines is 1. The van der Waals surface area contributed by atoms with Crippen LogP contribution in [0.15, 0.2) is 60.7 Å². The van der Waals surface area contributed by atoms with Crippen LogP contribution in [0.5, 0.6) is 0 Å². The zero-order chi connectivity index (χ0) is 23.7. The second-order valence-electron chi connectivity index (χ2n) is 8.22. The van der Waals surface area contributed by atoms with Crippen LogP contribution < -0.4 is 0 Å². The van der Waals surface area contributed by atoms with E-state index in [0.29, 0.717) is 5.82 Å². The average molecular weight is 453 g/mol. The summed E-state index contributed by atoms with van der Waals surface area (Å²) in [6.45, 7) is 4.23. The summed E-state index contributed by atoms with van der Waals surface area (Å²) < 4.78 is 2.11. The van der Waals surface area contributed by atoms with Gasteiger partial charge in [-0.05, 0) is 64.7 Å². The molecule has 0 saturated carbocycles. The summed E-state index contributed by atoms with van der Waals surface area (Å²) in [5.41, 5.74) is 6.80. The fraction of sp³-hybridized carbons (Fsp3) is 0.192. The number of imidazole rings is 1. The predicted octanol–water partition coefficient (Wildman–Crippen LogP) is 5.22. The number of H-pyrrole nitrogens is 1. The predicted molar refractivity (Wildman–Crippen MR) is 130 cm³/mol. The summed E-state index contributed by atoms with van der Waals surface area (Å²) in [6, 6.07) is 19.2. The molecule has 0 bridgehead atoms.